The molecule has 0 heterocycles. The molecule has 0 aliphatic heterocycles. The molecule has 0 aromatic heterocycles. The molecule has 10 heteroatoms. The molecule has 2 unspecified atom stereocenters. The summed E-state index contributed by atoms with van der Waals surface area (Å²) >= 11 is 0. The highest BCUT2D eigenvalue weighted by molar-refractivity contribution is 5.91. The van der Waals surface area contributed by atoms with Gasteiger partial charge in [-0.1, -0.05) is 6.07 Å². The van der Waals surface area contributed by atoms with Crippen LogP contribution in [0.25, 0.3) is 0 Å². The molecule has 1 aromatic carbocycles. The number of halogens is 3. The van der Waals surface area contributed by atoms with Gasteiger partial charge in [0, 0.05) is 0 Å². The maximum atomic E-state index is 12.2. The van der Waals surface area contributed by atoms with Gasteiger partial charge in [-0.15, -0.1) is 13.2 Å². The van der Waals surface area contributed by atoms with Crippen molar-refractivity contribution < 1.29 is 47.9 Å². The lowest BCUT2D eigenvalue weighted by Gasteiger charge is -2.18. The molecule has 2 atom stereocenters. The summed E-state index contributed by atoms with van der Waals surface area (Å²) in [6.07, 6.45) is -9.62. The summed E-state index contributed by atoms with van der Waals surface area (Å²) < 4.78 is 40.3. The van der Waals surface area contributed by atoms with Gasteiger partial charge in [0.05, 0.1) is 12.5 Å². The molecule has 0 aliphatic carbocycles. The first kappa shape index (κ1) is 17.7. The third-order valence-corrected chi connectivity index (χ3v) is 2.55. The number of alkyl halides is 3. The Morgan fingerprint density at radius 3 is 2.23 bits per heavy atom. The third kappa shape index (κ3) is 4.90. The molecule has 0 radical (unpaired) electrons. The van der Waals surface area contributed by atoms with Crippen LogP contribution in [0.3, 0.4) is 0 Å². The molecule has 1 rings (SSSR count). The van der Waals surface area contributed by atoms with Gasteiger partial charge in [0.25, 0.3) is 0 Å². The predicted octanol–water partition coefficient (Wildman–Crippen LogP) is 1.15. The van der Waals surface area contributed by atoms with E-state index in [0.717, 1.165) is 12.1 Å². The Balaban J connectivity index is 3.15. The summed E-state index contributed by atoms with van der Waals surface area (Å²) in [6.45, 7) is 0. The number of carboxylic acid groups (broad SMARTS) is 2. The van der Waals surface area contributed by atoms with Crippen LogP contribution in [0.15, 0.2) is 18.2 Å². The SMILES string of the molecule is O=C(O)CC(O)C(O)c1ccc(C(=O)O)c(OC(F)(F)F)c1. The Hall–Kier alpha value is -2.33. The highest BCUT2D eigenvalue weighted by atomic mass is 19.4. The highest BCUT2D eigenvalue weighted by Crippen LogP contribution is 2.30. The van der Waals surface area contributed by atoms with E-state index in [4.69, 9.17) is 10.2 Å². The fraction of sp³-hybridized carbons (Fsp3) is 0.333. The summed E-state index contributed by atoms with van der Waals surface area (Å²) in [6, 6.07) is 2.27. The van der Waals surface area contributed by atoms with Crippen LogP contribution in [-0.4, -0.2) is 44.8 Å². The van der Waals surface area contributed by atoms with Crippen molar-refractivity contribution in [2.75, 3.05) is 0 Å². The first-order valence-corrected chi connectivity index (χ1v) is 5.72. The number of aliphatic carboxylic acids is 1. The number of hydrogen-bond donors (Lipinski definition) is 4. The molecule has 4 N–H and O–H groups in total. The standard InChI is InChI=1S/C12H11F3O7/c13-12(14,15)22-8-3-5(1-2-6(8)11(20)21)10(19)7(16)4-9(17)18/h1-3,7,10,16,19H,4H2,(H,17,18)(H,20,21). The minimum absolute atomic E-state index is 0.321. The summed E-state index contributed by atoms with van der Waals surface area (Å²) in [5.74, 6) is -4.20. The topological polar surface area (TPSA) is 124 Å². The molecule has 0 bridgehead atoms. The van der Waals surface area contributed by atoms with E-state index in [1.807, 2.05) is 0 Å². The van der Waals surface area contributed by atoms with Crippen molar-refractivity contribution in [3.05, 3.63) is 29.3 Å². The van der Waals surface area contributed by atoms with Crippen molar-refractivity contribution in [3.63, 3.8) is 0 Å². The molecular formula is C12H11F3O7. The van der Waals surface area contributed by atoms with Crippen LogP contribution in [0.5, 0.6) is 5.75 Å². The number of benzene rings is 1. The van der Waals surface area contributed by atoms with Gasteiger partial charge in [-0.2, -0.15) is 0 Å². The zero-order valence-corrected chi connectivity index (χ0v) is 10.7. The highest BCUT2D eigenvalue weighted by Gasteiger charge is 2.33. The van der Waals surface area contributed by atoms with Crippen molar-refractivity contribution in [2.45, 2.75) is 25.0 Å². The van der Waals surface area contributed by atoms with Crippen molar-refractivity contribution in [1.82, 2.24) is 0 Å². The van der Waals surface area contributed by atoms with Crippen molar-refractivity contribution >= 4 is 11.9 Å². The van der Waals surface area contributed by atoms with Crippen LogP contribution in [0.1, 0.15) is 28.4 Å². The minimum atomic E-state index is -5.16. The average Bonchev–Trinajstić information content (AvgIpc) is 2.34. The Kier molecular flexibility index (Phi) is 5.33. The van der Waals surface area contributed by atoms with E-state index in [1.54, 1.807) is 0 Å². The molecule has 0 aliphatic rings. The molecule has 0 spiro atoms. The molecule has 1 aromatic rings. The molecule has 0 amide bonds. The van der Waals surface area contributed by atoms with Gasteiger partial charge in [-0.05, 0) is 17.7 Å². The van der Waals surface area contributed by atoms with E-state index in [-0.39, 0.29) is 5.56 Å². The molecule has 122 valence electrons. The fourth-order valence-electron chi connectivity index (χ4n) is 1.62. The number of hydrogen-bond acceptors (Lipinski definition) is 5. The molecule has 7 nitrogen and oxygen atoms in total. The van der Waals surface area contributed by atoms with Gasteiger partial charge in [0.1, 0.15) is 17.4 Å². The second-order valence-electron chi connectivity index (χ2n) is 4.22. The third-order valence-electron chi connectivity index (χ3n) is 2.55. The van der Waals surface area contributed by atoms with Gasteiger partial charge < -0.3 is 25.2 Å². The maximum absolute atomic E-state index is 12.2. The normalized spacial score (nSPS) is 14.2. The minimum Gasteiger partial charge on any atom is -0.481 e. The van der Waals surface area contributed by atoms with Crippen LogP contribution >= 0.6 is 0 Å². The van der Waals surface area contributed by atoms with E-state index < -0.39 is 48.2 Å². The Morgan fingerprint density at radius 1 is 1.18 bits per heavy atom. The van der Waals surface area contributed by atoms with E-state index in [1.165, 1.54) is 0 Å². The van der Waals surface area contributed by atoms with Gasteiger partial charge in [0.2, 0.25) is 0 Å². The van der Waals surface area contributed by atoms with Crippen LogP contribution in [0, 0.1) is 0 Å². The summed E-state index contributed by atoms with van der Waals surface area (Å²) in [5.41, 5.74) is -1.13. The predicted molar refractivity (Wildman–Crippen MR) is 63.3 cm³/mol. The fourth-order valence-corrected chi connectivity index (χ4v) is 1.62. The largest absolute Gasteiger partial charge is 0.573 e. The lowest BCUT2D eigenvalue weighted by Crippen LogP contribution is -2.23. The first-order valence-electron chi connectivity index (χ1n) is 5.72. The molecule has 0 saturated heterocycles. The second-order valence-corrected chi connectivity index (χ2v) is 4.22. The zero-order chi connectivity index (χ0) is 17.1. The van der Waals surface area contributed by atoms with E-state index in [2.05, 4.69) is 4.74 Å². The lowest BCUT2D eigenvalue weighted by molar-refractivity contribution is -0.274. The van der Waals surface area contributed by atoms with Crippen LogP contribution in [-0.2, 0) is 4.79 Å². The smallest absolute Gasteiger partial charge is 0.481 e. The van der Waals surface area contributed by atoms with Gasteiger partial charge in [-0.3, -0.25) is 4.79 Å². The number of carbonyl (C=O) groups is 2. The number of aliphatic hydroxyl groups excluding tert-OH is 2. The maximum Gasteiger partial charge on any atom is 0.573 e. The van der Waals surface area contributed by atoms with Gasteiger partial charge >= 0.3 is 18.3 Å². The average molecular weight is 324 g/mol. The van der Waals surface area contributed by atoms with E-state index in [9.17, 15) is 33.0 Å². The van der Waals surface area contributed by atoms with Crippen LogP contribution < -0.4 is 4.74 Å². The van der Waals surface area contributed by atoms with Gasteiger partial charge in [-0.25, -0.2) is 4.79 Å². The molecule has 0 fully saturated rings. The van der Waals surface area contributed by atoms with E-state index in [0.29, 0.717) is 6.07 Å². The van der Waals surface area contributed by atoms with Crippen LogP contribution in [0.2, 0.25) is 0 Å². The number of aromatic carboxylic acids is 1. The Bertz CT molecular complexity index is 570. The van der Waals surface area contributed by atoms with Crippen LogP contribution in [0.4, 0.5) is 13.2 Å². The lowest BCUT2D eigenvalue weighted by atomic mass is 10.00. The number of ether oxygens (including phenoxy) is 1. The Labute approximate surface area is 121 Å². The number of carboxylic acids is 2. The summed E-state index contributed by atoms with van der Waals surface area (Å²) in [4.78, 5) is 21.3. The summed E-state index contributed by atoms with van der Waals surface area (Å²) in [5, 5.41) is 36.4. The first-order chi connectivity index (χ1) is 10.0. The number of rotatable bonds is 6. The Morgan fingerprint density at radius 2 is 1.77 bits per heavy atom. The zero-order valence-electron chi connectivity index (χ0n) is 10.7. The van der Waals surface area contributed by atoms with Crippen molar-refractivity contribution in [1.29, 1.82) is 0 Å². The second kappa shape index (κ2) is 6.62. The van der Waals surface area contributed by atoms with E-state index >= 15 is 0 Å². The quantitative estimate of drug-likeness (QED) is 0.619. The molecular weight excluding hydrogens is 313 g/mol. The van der Waals surface area contributed by atoms with Crippen molar-refractivity contribution in [2.24, 2.45) is 0 Å². The monoisotopic (exact) mass is 324 g/mol. The summed E-state index contributed by atoms with van der Waals surface area (Å²) in [7, 11) is 0. The number of aliphatic hydroxyl groups is 2. The van der Waals surface area contributed by atoms with Gasteiger partial charge in [0.15, 0.2) is 0 Å². The molecule has 22 heavy (non-hydrogen) atoms. The van der Waals surface area contributed by atoms with Crippen molar-refractivity contribution in [3.8, 4) is 5.75 Å². The molecule has 0 saturated carbocycles.